The summed E-state index contributed by atoms with van der Waals surface area (Å²) < 4.78 is 26.7. The molecule has 0 bridgehead atoms. The maximum atomic E-state index is 13.9. The average molecular weight is 586 g/mol. The zero-order chi connectivity index (χ0) is 31.0. The first kappa shape index (κ1) is 32.7. The second-order valence-electron chi connectivity index (χ2n) is 11.7. The van der Waals surface area contributed by atoms with Crippen LogP contribution in [0, 0.1) is 17.0 Å². The minimum atomic E-state index is -0.891. The smallest absolute Gasteiger partial charge is 0.313 e. The summed E-state index contributed by atoms with van der Waals surface area (Å²) in [5.74, 6) is -3.09. The number of hydrogen-bond donors (Lipinski definition) is 3. The Bertz CT molecular complexity index is 1250. The number of likely N-dealkylation sites (N-methyl/N-ethyl adjacent to an activating group) is 1. The van der Waals surface area contributed by atoms with Crippen LogP contribution in [0.5, 0.6) is 0 Å². The second-order valence-corrected chi connectivity index (χ2v) is 11.7. The molecular formula is C31H41F2N5O4. The summed E-state index contributed by atoms with van der Waals surface area (Å²) in [5.41, 5.74) is 0.465. The Morgan fingerprint density at radius 2 is 1.60 bits per heavy atom. The third kappa shape index (κ3) is 8.82. The highest BCUT2D eigenvalue weighted by Gasteiger charge is 2.41. The van der Waals surface area contributed by atoms with Gasteiger partial charge in [0, 0.05) is 31.4 Å². The molecule has 0 spiro atoms. The van der Waals surface area contributed by atoms with Crippen LogP contribution in [-0.4, -0.2) is 78.2 Å². The van der Waals surface area contributed by atoms with E-state index in [4.69, 9.17) is 0 Å². The van der Waals surface area contributed by atoms with Gasteiger partial charge in [-0.25, -0.2) is 8.78 Å². The fourth-order valence-electron chi connectivity index (χ4n) is 4.84. The van der Waals surface area contributed by atoms with Crippen LogP contribution in [0.1, 0.15) is 46.1 Å². The number of carbonyl (C=O) groups excluding carboxylic acids is 4. The predicted octanol–water partition coefficient (Wildman–Crippen LogP) is 3.10. The van der Waals surface area contributed by atoms with Crippen LogP contribution >= 0.6 is 0 Å². The highest BCUT2D eigenvalue weighted by atomic mass is 19.1. The Hall–Kier alpha value is -3.86. The zero-order valence-corrected chi connectivity index (χ0v) is 24.9. The van der Waals surface area contributed by atoms with Crippen molar-refractivity contribution in [1.82, 2.24) is 20.4 Å². The number of nitrogens with one attached hydrogen (secondary N) is 3. The lowest BCUT2D eigenvalue weighted by atomic mass is 9.85. The van der Waals surface area contributed by atoms with E-state index in [9.17, 15) is 28.0 Å². The molecule has 0 aliphatic carbocycles. The van der Waals surface area contributed by atoms with Crippen molar-refractivity contribution >= 4 is 29.3 Å². The van der Waals surface area contributed by atoms with E-state index in [1.165, 1.54) is 41.3 Å². The molecular weight excluding hydrogens is 544 g/mol. The van der Waals surface area contributed by atoms with Crippen LogP contribution in [0.3, 0.4) is 0 Å². The number of likely N-dealkylation sites (tertiary alicyclic amines) is 1. The molecule has 1 fully saturated rings. The van der Waals surface area contributed by atoms with Gasteiger partial charge in [0.15, 0.2) is 0 Å². The van der Waals surface area contributed by atoms with Crippen LogP contribution < -0.4 is 16.0 Å². The van der Waals surface area contributed by atoms with Gasteiger partial charge in [0.2, 0.25) is 11.8 Å². The van der Waals surface area contributed by atoms with E-state index in [1.54, 1.807) is 31.0 Å². The van der Waals surface area contributed by atoms with E-state index in [1.807, 2.05) is 20.8 Å². The molecule has 11 heteroatoms. The highest BCUT2D eigenvalue weighted by molar-refractivity contribution is 6.39. The van der Waals surface area contributed by atoms with Gasteiger partial charge in [0.05, 0.1) is 6.04 Å². The monoisotopic (exact) mass is 585 g/mol. The topological polar surface area (TPSA) is 111 Å². The predicted molar refractivity (Wildman–Crippen MR) is 156 cm³/mol. The summed E-state index contributed by atoms with van der Waals surface area (Å²) in [5, 5.41) is 8.28. The SMILES string of the molecule is CNC(C)C(=O)NC(C(=O)N1CCCC1CN(CCc1ccc(F)cc1)C(=O)C(=O)Nc1ccc(F)cc1)C(C)(C)C. The zero-order valence-electron chi connectivity index (χ0n) is 24.9. The van der Waals surface area contributed by atoms with Gasteiger partial charge in [0.1, 0.15) is 17.7 Å². The summed E-state index contributed by atoms with van der Waals surface area (Å²) >= 11 is 0. The molecule has 4 amide bonds. The molecule has 2 aromatic carbocycles. The molecule has 1 saturated heterocycles. The number of rotatable bonds is 10. The van der Waals surface area contributed by atoms with E-state index in [2.05, 4.69) is 16.0 Å². The minimum Gasteiger partial charge on any atom is -0.342 e. The fourth-order valence-corrected chi connectivity index (χ4v) is 4.84. The quantitative estimate of drug-likeness (QED) is 0.371. The van der Waals surface area contributed by atoms with Gasteiger partial charge in [0.25, 0.3) is 0 Å². The van der Waals surface area contributed by atoms with Crippen molar-refractivity contribution < 1.29 is 28.0 Å². The molecule has 1 aliphatic rings. The summed E-state index contributed by atoms with van der Waals surface area (Å²) in [6.07, 6.45) is 1.68. The van der Waals surface area contributed by atoms with E-state index in [0.29, 0.717) is 25.8 Å². The van der Waals surface area contributed by atoms with Crippen molar-refractivity contribution in [3.8, 4) is 0 Å². The largest absolute Gasteiger partial charge is 0.342 e. The maximum Gasteiger partial charge on any atom is 0.313 e. The van der Waals surface area contributed by atoms with Gasteiger partial charge < -0.3 is 25.8 Å². The van der Waals surface area contributed by atoms with Crippen LogP contribution in [0.25, 0.3) is 0 Å². The molecule has 3 unspecified atom stereocenters. The molecule has 42 heavy (non-hydrogen) atoms. The third-order valence-corrected chi connectivity index (χ3v) is 7.48. The summed E-state index contributed by atoms with van der Waals surface area (Å²) in [7, 11) is 1.67. The average Bonchev–Trinajstić information content (AvgIpc) is 3.42. The molecule has 3 rings (SSSR count). The summed E-state index contributed by atoms with van der Waals surface area (Å²) in [4.78, 5) is 56.0. The Balaban J connectivity index is 1.81. The number of nitrogens with zero attached hydrogens (tertiary/aromatic N) is 2. The molecule has 0 radical (unpaired) electrons. The summed E-state index contributed by atoms with van der Waals surface area (Å²) in [6.45, 7) is 8.05. The van der Waals surface area contributed by atoms with Crippen LogP contribution in [-0.2, 0) is 25.6 Å². The van der Waals surface area contributed by atoms with Crippen molar-refractivity contribution in [2.45, 2.75) is 65.1 Å². The summed E-state index contributed by atoms with van der Waals surface area (Å²) in [6, 6.07) is 9.29. The minimum absolute atomic E-state index is 0.0976. The molecule has 1 aliphatic heterocycles. The Kier molecular flexibility index (Phi) is 11.2. The van der Waals surface area contributed by atoms with Crippen LogP contribution in [0.2, 0.25) is 0 Å². The molecule has 228 valence electrons. The number of carbonyl (C=O) groups is 4. The molecule has 2 aromatic rings. The number of amides is 4. The Morgan fingerprint density at radius 3 is 2.17 bits per heavy atom. The maximum absolute atomic E-state index is 13.9. The Morgan fingerprint density at radius 1 is 1.00 bits per heavy atom. The van der Waals surface area contributed by atoms with Crippen molar-refractivity contribution in [2.24, 2.45) is 5.41 Å². The highest BCUT2D eigenvalue weighted by Crippen LogP contribution is 2.26. The first-order valence-corrected chi connectivity index (χ1v) is 14.2. The van der Waals surface area contributed by atoms with E-state index in [-0.39, 0.29) is 42.5 Å². The first-order chi connectivity index (χ1) is 19.8. The van der Waals surface area contributed by atoms with Crippen molar-refractivity contribution in [3.63, 3.8) is 0 Å². The molecule has 0 aromatic heterocycles. The van der Waals surface area contributed by atoms with Crippen molar-refractivity contribution in [3.05, 3.63) is 65.7 Å². The van der Waals surface area contributed by atoms with Gasteiger partial charge in [-0.1, -0.05) is 32.9 Å². The lowest BCUT2D eigenvalue weighted by molar-refractivity contribution is -0.145. The first-order valence-electron chi connectivity index (χ1n) is 14.2. The molecule has 9 nitrogen and oxygen atoms in total. The fraction of sp³-hybridized carbons (Fsp3) is 0.484. The van der Waals surface area contributed by atoms with Gasteiger partial charge >= 0.3 is 11.8 Å². The second kappa shape index (κ2) is 14.4. The van der Waals surface area contributed by atoms with Gasteiger partial charge in [-0.05, 0) is 80.6 Å². The Labute approximate surface area is 246 Å². The number of hydrogen-bond acceptors (Lipinski definition) is 5. The third-order valence-electron chi connectivity index (χ3n) is 7.48. The normalized spacial score (nSPS) is 16.5. The lowest BCUT2D eigenvalue weighted by Crippen LogP contribution is -2.59. The van der Waals surface area contributed by atoms with Crippen molar-refractivity contribution in [1.29, 1.82) is 0 Å². The van der Waals surface area contributed by atoms with Gasteiger partial charge in [-0.2, -0.15) is 0 Å². The van der Waals surface area contributed by atoms with Crippen molar-refractivity contribution in [2.75, 3.05) is 32.0 Å². The lowest BCUT2D eigenvalue weighted by Gasteiger charge is -2.37. The van der Waals surface area contributed by atoms with E-state index in [0.717, 1.165) is 5.56 Å². The molecule has 3 atom stereocenters. The van der Waals surface area contributed by atoms with Crippen LogP contribution in [0.15, 0.2) is 48.5 Å². The molecule has 0 saturated carbocycles. The molecule has 1 heterocycles. The van der Waals surface area contributed by atoms with Crippen LogP contribution in [0.4, 0.5) is 14.5 Å². The number of halogens is 2. The van der Waals surface area contributed by atoms with Gasteiger partial charge in [-0.3, -0.25) is 19.2 Å². The number of benzene rings is 2. The number of anilines is 1. The van der Waals surface area contributed by atoms with E-state index >= 15 is 0 Å². The standard InChI is InChI=1S/C31H41F2N5O4/c1-20(34-5)27(39)36-26(31(2,3)4)29(41)38-17-6-7-25(38)19-37(18-16-21-8-10-22(32)11-9-21)30(42)28(40)35-24-14-12-23(33)13-15-24/h8-15,20,25-26,34H,6-7,16-19H2,1-5H3,(H,35,40)(H,36,39). The van der Waals surface area contributed by atoms with E-state index < -0.39 is 35.1 Å². The van der Waals surface area contributed by atoms with Gasteiger partial charge in [-0.15, -0.1) is 0 Å². The molecule has 3 N–H and O–H groups in total.